The van der Waals surface area contributed by atoms with Gasteiger partial charge in [-0.1, -0.05) is 25.9 Å². The first-order valence-corrected chi connectivity index (χ1v) is 7.38. The Morgan fingerprint density at radius 2 is 2.05 bits per heavy atom. The fourth-order valence-electron chi connectivity index (χ4n) is 2.65. The average molecular weight is 266 g/mol. The van der Waals surface area contributed by atoms with E-state index >= 15 is 0 Å². The molecule has 108 valence electrons. The quantitative estimate of drug-likeness (QED) is 0.882. The number of rotatable bonds is 5. The summed E-state index contributed by atoms with van der Waals surface area (Å²) in [5.41, 5.74) is 6.07. The minimum atomic E-state index is -0.400. The van der Waals surface area contributed by atoms with Crippen molar-refractivity contribution in [1.82, 2.24) is 15.0 Å². The monoisotopic (exact) mass is 266 g/mol. The molecule has 1 saturated heterocycles. The zero-order valence-corrected chi connectivity index (χ0v) is 12.4. The van der Waals surface area contributed by atoms with Crippen LogP contribution in [-0.4, -0.2) is 34.7 Å². The van der Waals surface area contributed by atoms with Crippen LogP contribution in [0.3, 0.4) is 0 Å². The van der Waals surface area contributed by atoms with E-state index in [4.69, 9.17) is 10.3 Å². The first-order chi connectivity index (χ1) is 9.03. The normalized spacial score (nSPS) is 20.1. The molecule has 1 fully saturated rings. The molecule has 2 heterocycles. The van der Waals surface area contributed by atoms with Gasteiger partial charge in [-0.25, -0.2) is 0 Å². The van der Waals surface area contributed by atoms with Gasteiger partial charge in [-0.05, 0) is 25.2 Å². The first kappa shape index (κ1) is 14.5. The highest BCUT2D eigenvalue weighted by Gasteiger charge is 2.36. The van der Waals surface area contributed by atoms with Crippen molar-refractivity contribution < 1.29 is 4.52 Å². The number of nitrogens with zero attached hydrogens (tertiary/aromatic N) is 3. The number of nitrogens with two attached hydrogens (primary N) is 1. The lowest BCUT2D eigenvalue weighted by atomic mass is 9.87. The van der Waals surface area contributed by atoms with Crippen molar-refractivity contribution in [1.29, 1.82) is 0 Å². The third-order valence-corrected chi connectivity index (χ3v) is 3.75. The molecule has 1 aliphatic rings. The molecule has 5 heteroatoms. The van der Waals surface area contributed by atoms with Gasteiger partial charge in [0, 0.05) is 26.1 Å². The Kier molecular flexibility index (Phi) is 4.58. The van der Waals surface area contributed by atoms with Crippen LogP contribution >= 0.6 is 0 Å². The maximum Gasteiger partial charge on any atom is 0.226 e. The Labute approximate surface area is 115 Å². The molecule has 0 aromatic carbocycles. The number of aryl methyl sites for hydroxylation is 1. The fraction of sp³-hybridized carbons (Fsp3) is 0.857. The smallest absolute Gasteiger partial charge is 0.226 e. The second-order valence-corrected chi connectivity index (χ2v) is 6.11. The van der Waals surface area contributed by atoms with E-state index in [1.54, 1.807) is 0 Å². The number of hydrogen-bond acceptors (Lipinski definition) is 5. The summed E-state index contributed by atoms with van der Waals surface area (Å²) in [6.45, 7) is 9.79. The molecule has 0 amide bonds. The summed E-state index contributed by atoms with van der Waals surface area (Å²) in [6.07, 6.45) is 3.67. The highest BCUT2D eigenvalue weighted by Crippen LogP contribution is 2.28. The van der Waals surface area contributed by atoms with E-state index in [1.165, 1.54) is 0 Å². The molecule has 2 rings (SSSR count). The predicted molar refractivity (Wildman–Crippen MR) is 74.7 cm³/mol. The van der Waals surface area contributed by atoms with E-state index in [0.717, 1.165) is 45.3 Å². The van der Waals surface area contributed by atoms with Crippen LogP contribution in [0.2, 0.25) is 0 Å². The molecule has 0 spiro atoms. The largest absolute Gasteiger partial charge is 0.339 e. The van der Waals surface area contributed by atoms with E-state index in [0.29, 0.717) is 17.6 Å². The highest BCUT2D eigenvalue weighted by molar-refractivity contribution is 5.06. The van der Waals surface area contributed by atoms with Crippen LogP contribution in [-0.2, 0) is 12.0 Å². The van der Waals surface area contributed by atoms with E-state index in [2.05, 4.69) is 35.8 Å². The fourth-order valence-corrected chi connectivity index (χ4v) is 2.65. The van der Waals surface area contributed by atoms with Crippen molar-refractivity contribution in [3.8, 4) is 0 Å². The molecule has 0 unspecified atom stereocenters. The Bertz CT molecular complexity index is 394. The van der Waals surface area contributed by atoms with Gasteiger partial charge in [0.05, 0.1) is 5.54 Å². The lowest BCUT2D eigenvalue weighted by Crippen LogP contribution is -2.49. The molecule has 19 heavy (non-hydrogen) atoms. The zero-order valence-electron chi connectivity index (χ0n) is 12.4. The lowest BCUT2D eigenvalue weighted by molar-refractivity contribution is 0.141. The molecule has 0 radical (unpaired) electrons. The van der Waals surface area contributed by atoms with Crippen LogP contribution in [0.4, 0.5) is 0 Å². The number of piperidine rings is 1. The summed E-state index contributed by atoms with van der Waals surface area (Å²) in [7, 11) is 0. The Morgan fingerprint density at radius 3 is 2.63 bits per heavy atom. The molecule has 0 saturated carbocycles. The third kappa shape index (κ3) is 3.54. The number of likely N-dealkylation sites (tertiary alicyclic amines) is 1. The molecule has 1 aromatic heterocycles. The first-order valence-electron chi connectivity index (χ1n) is 7.38. The molecule has 1 aromatic rings. The number of aromatic nitrogens is 2. The summed E-state index contributed by atoms with van der Waals surface area (Å²) in [4.78, 5) is 6.94. The summed E-state index contributed by atoms with van der Waals surface area (Å²) in [6, 6.07) is 0. The topological polar surface area (TPSA) is 68.2 Å². The lowest BCUT2D eigenvalue weighted by Gasteiger charge is -2.37. The maximum absolute atomic E-state index is 6.47. The van der Waals surface area contributed by atoms with Gasteiger partial charge in [0.25, 0.3) is 0 Å². The second kappa shape index (κ2) is 6.01. The Hall–Kier alpha value is -0.940. The van der Waals surface area contributed by atoms with E-state index in [9.17, 15) is 0 Å². The maximum atomic E-state index is 6.47. The summed E-state index contributed by atoms with van der Waals surface area (Å²) in [5.74, 6) is 2.11. The molecule has 0 bridgehead atoms. The van der Waals surface area contributed by atoms with Crippen LogP contribution < -0.4 is 5.73 Å². The molecular weight excluding hydrogens is 240 g/mol. The average Bonchev–Trinajstić information content (AvgIpc) is 2.82. The van der Waals surface area contributed by atoms with Gasteiger partial charge in [-0.15, -0.1) is 0 Å². The van der Waals surface area contributed by atoms with Gasteiger partial charge >= 0.3 is 0 Å². The summed E-state index contributed by atoms with van der Waals surface area (Å²) >= 11 is 0. The number of hydrogen-bond donors (Lipinski definition) is 1. The van der Waals surface area contributed by atoms with Gasteiger partial charge < -0.3 is 15.2 Å². The van der Waals surface area contributed by atoms with Crippen molar-refractivity contribution in [2.45, 2.75) is 52.0 Å². The second-order valence-electron chi connectivity index (χ2n) is 6.11. The molecule has 0 atom stereocenters. The van der Waals surface area contributed by atoms with Crippen molar-refractivity contribution >= 4 is 0 Å². The molecule has 2 N–H and O–H groups in total. The van der Waals surface area contributed by atoms with Crippen LogP contribution in [0.15, 0.2) is 4.52 Å². The van der Waals surface area contributed by atoms with Crippen LogP contribution in [0.1, 0.15) is 51.7 Å². The van der Waals surface area contributed by atoms with Gasteiger partial charge in [0.1, 0.15) is 0 Å². The van der Waals surface area contributed by atoms with E-state index < -0.39 is 5.54 Å². The van der Waals surface area contributed by atoms with Crippen LogP contribution in [0.25, 0.3) is 0 Å². The summed E-state index contributed by atoms with van der Waals surface area (Å²) in [5, 5.41) is 4.09. The van der Waals surface area contributed by atoms with Crippen molar-refractivity contribution in [2.24, 2.45) is 11.7 Å². The minimum Gasteiger partial charge on any atom is -0.339 e. The predicted octanol–water partition coefficient (Wildman–Crippen LogP) is 1.93. The Balaban J connectivity index is 1.96. The van der Waals surface area contributed by atoms with E-state index in [1.807, 2.05) is 0 Å². The highest BCUT2D eigenvalue weighted by atomic mass is 16.5. The van der Waals surface area contributed by atoms with Gasteiger partial charge in [-0.3, -0.25) is 0 Å². The molecule has 0 aliphatic carbocycles. The van der Waals surface area contributed by atoms with Crippen molar-refractivity contribution in [3.05, 3.63) is 11.7 Å². The summed E-state index contributed by atoms with van der Waals surface area (Å²) < 4.78 is 5.26. The zero-order chi connectivity index (χ0) is 13.9. The van der Waals surface area contributed by atoms with Crippen molar-refractivity contribution in [3.63, 3.8) is 0 Å². The molecular formula is C14H26N4O. The van der Waals surface area contributed by atoms with Crippen molar-refractivity contribution in [2.75, 3.05) is 19.6 Å². The van der Waals surface area contributed by atoms with Crippen LogP contribution in [0, 0.1) is 5.92 Å². The molecule has 5 nitrogen and oxygen atoms in total. The minimum absolute atomic E-state index is 0.400. The molecule has 1 aliphatic heterocycles. The van der Waals surface area contributed by atoms with E-state index in [-0.39, 0.29) is 0 Å². The standard InChI is InChI=1S/C14H26N4O/c1-4-5-12-16-13(17-19-12)14(15)6-8-18(9-7-14)10-11(2)3/h11H,4-10,15H2,1-3H3. The van der Waals surface area contributed by atoms with Crippen LogP contribution in [0.5, 0.6) is 0 Å². The Morgan fingerprint density at radius 1 is 1.37 bits per heavy atom. The SMILES string of the molecule is CCCc1nc(C2(N)CCN(CC(C)C)CC2)no1. The van der Waals surface area contributed by atoms with Gasteiger partial charge in [0.15, 0.2) is 5.82 Å². The van der Waals surface area contributed by atoms with Gasteiger partial charge in [0.2, 0.25) is 5.89 Å². The third-order valence-electron chi connectivity index (χ3n) is 3.75. The van der Waals surface area contributed by atoms with Gasteiger partial charge in [-0.2, -0.15) is 4.98 Å².